The fraction of sp³-hybridized carbons (Fsp3) is 0.458. The number of anilines is 1. The Hall–Kier alpha value is -3.54. The summed E-state index contributed by atoms with van der Waals surface area (Å²) in [5.41, 5.74) is -1.42. The highest BCUT2D eigenvalue weighted by atomic mass is 19.4. The second-order valence-electron chi connectivity index (χ2n) is 9.08. The largest absolute Gasteiger partial charge is 0.433 e. The Bertz CT molecular complexity index is 1350. The summed E-state index contributed by atoms with van der Waals surface area (Å²) in [6.07, 6.45) is -3.54. The van der Waals surface area contributed by atoms with E-state index in [4.69, 9.17) is 4.74 Å². The summed E-state index contributed by atoms with van der Waals surface area (Å²) in [6, 6.07) is 3.40. The van der Waals surface area contributed by atoms with Crippen LogP contribution < -0.4 is 10.9 Å². The average molecular weight is 505 g/mol. The molecule has 1 saturated heterocycles. The van der Waals surface area contributed by atoms with Crippen LogP contribution in [0.3, 0.4) is 0 Å². The number of fused-ring (bicyclic) bond motifs is 1. The number of hydrogen-bond acceptors (Lipinski definition) is 7. The van der Waals surface area contributed by atoms with Crippen LogP contribution in [-0.4, -0.2) is 55.6 Å². The molecule has 1 aliphatic rings. The number of amides is 1. The topological polar surface area (TPSA) is 102 Å². The van der Waals surface area contributed by atoms with Crippen LogP contribution in [0.4, 0.5) is 18.9 Å². The molecule has 0 bridgehead atoms. The van der Waals surface area contributed by atoms with Crippen molar-refractivity contribution >= 4 is 22.6 Å². The van der Waals surface area contributed by atoms with Crippen LogP contribution in [0, 0.1) is 6.92 Å². The number of halogens is 3. The van der Waals surface area contributed by atoms with Gasteiger partial charge in [0.1, 0.15) is 11.5 Å². The second kappa shape index (κ2) is 9.49. The van der Waals surface area contributed by atoms with Crippen molar-refractivity contribution in [2.75, 3.05) is 18.4 Å². The minimum absolute atomic E-state index is 0.00668. The normalized spacial score (nSPS) is 19.4. The summed E-state index contributed by atoms with van der Waals surface area (Å²) in [5, 5.41) is 2.96. The third-order valence-corrected chi connectivity index (χ3v) is 6.13. The van der Waals surface area contributed by atoms with Crippen molar-refractivity contribution in [2.24, 2.45) is 7.05 Å². The van der Waals surface area contributed by atoms with E-state index < -0.39 is 23.5 Å². The molecular weight excluding hydrogens is 477 g/mol. The lowest BCUT2D eigenvalue weighted by molar-refractivity contribution is -0.141. The first-order chi connectivity index (χ1) is 16.8. The lowest BCUT2D eigenvalue weighted by Gasteiger charge is -2.35. The summed E-state index contributed by atoms with van der Waals surface area (Å²) in [7, 11) is 1.50. The van der Waals surface area contributed by atoms with Gasteiger partial charge in [-0.3, -0.25) is 14.2 Å². The van der Waals surface area contributed by atoms with Crippen molar-refractivity contribution in [1.29, 1.82) is 0 Å². The van der Waals surface area contributed by atoms with E-state index in [9.17, 15) is 22.8 Å². The van der Waals surface area contributed by atoms with Gasteiger partial charge in [-0.05, 0) is 45.9 Å². The molecule has 12 heteroatoms. The molecule has 1 N–H and O–H groups in total. The Morgan fingerprint density at radius 3 is 2.44 bits per heavy atom. The van der Waals surface area contributed by atoms with Gasteiger partial charge in [-0.25, -0.2) is 15.0 Å². The van der Waals surface area contributed by atoms with Crippen LogP contribution in [0.5, 0.6) is 0 Å². The molecule has 0 radical (unpaired) electrons. The van der Waals surface area contributed by atoms with Gasteiger partial charge < -0.3 is 15.0 Å². The Morgan fingerprint density at radius 1 is 1.19 bits per heavy atom. The number of carbonyl (C=O) groups excluding carboxylic acids is 1. The van der Waals surface area contributed by atoms with E-state index >= 15 is 0 Å². The number of aromatic nitrogens is 4. The predicted molar refractivity (Wildman–Crippen MR) is 127 cm³/mol. The van der Waals surface area contributed by atoms with Gasteiger partial charge in [0.05, 0.1) is 35.5 Å². The van der Waals surface area contributed by atoms with Gasteiger partial charge in [0, 0.05) is 25.7 Å². The van der Waals surface area contributed by atoms with Crippen LogP contribution in [0.1, 0.15) is 54.4 Å². The summed E-state index contributed by atoms with van der Waals surface area (Å²) < 4.78 is 48.5. The highest BCUT2D eigenvalue weighted by Crippen LogP contribution is 2.35. The number of aryl methyl sites for hydroxylation is 1. The van der Waals surface area contributed by atoms with Gasteiger partial charge >= 0.3 is 6.18 Å². The van der Waals surface area contributed by atoms with Crippen LogP contribution in [0.15, 0.2) is 29.2 Å². The highest BCUT2D eigenvalue weighted by Gasteiger charge is 2.37. The SMILES string of the molecule is Cc1nc2nc(C(F)(F)F)c(C(C)Nc3ccc(C(=O)N4C[C@@H](C)O[C@@H](C)C4)nc3)cc2c(=O)n1C. The van der Waals surface area contributed by atoms with Crippen molar-refractivity contribution in [1.82, 2.24) is 24.4 Å². The standard InChI is InChI=1S/C24H27F3N6O3/c1-12-10-33(11-13(2)36-12)23(35)19-7-6-16(9-28-19)29-14(3)17-8-18-21(31-20(17)24(25,26)27)30-15(4)32(5)22(18)34/h6-9,12-14,29H,10-11H2,1-5H3/t12-,13+,14?. The van der Waals surface area contributed by atoms with E-state index in [0.717, 1.165) is 0 Å². The monoisotopic (exact) mass is 504 g/mol. The zero-order valence-corrected chi connectivity index (χ0v) is 20.6. The summed E-state index contributed by atoms with van der Waals surface area (Å²) in [6.45, 7) is 7.73. The summed E-state index contributed by atoms with van der Waals surface area (Å²) in [5.74, 6) is 0.0158. The van der Waals surface area contributed by atoms with Crippen molar-refractivity contribution in [3.63, 3.8) is 0 Å². The first-order valence-electron chi connectivity index (χ1n) is 11.5. The molecule has 3 aromatic heterocycles. The van der Waals surface area contributed by atoms with Gasteiger partial charge in [0.15, 0.2) is 11.3 Å². The molecule has 3 atom stereocenters. The number of rotatable bonds is 4. The van der Waals surface area contributed by atoms with Gasteiger partial charge in [0.2, 0.25) is 0 Å². The predicted octanol–water partition coefficient (Wildman–Crippen LogP) is 3.47. The Kier molecular flexibility index (Phi) is 6.74. The van der Waals surface area contributed by atoms with Gasteiger partial charge in [-0.1, -0.05) is 0 Å². The number of pyridine rings is 2. The lowest BCUT2D eigenvalue weighted by atomic mass is 10.0. The van der Waals surface area contributed by atoms with E-state index in [1.54, 1.807) is 11.0 Å². The van der Waals surface area contributed by atoms with Crippen LogP contribution in [0.25, 0.3) is 11.0 Å². The smallest absolute Gasteiger partial charge is 0.377 e. The van der Waals surface area contributed by atoms with E-state index in [1.165, 1.54) is 43.8 Å². The van der Waals surface area contributed by atoms with E-state index in [2.05, 4.69) is 20.3 Å². The Balaban J connectivity index is 1.61. The molecule has 0 aliphatic carbocycles. The molecule has 1 unspecified atom stereocenters. The van der Waals surface area contributed by atoms with Gasteiger partial charge in [-0.15, -0.1) is 0 Å². The quantitative estimate of drug-likeness (QED) is 0.581. The maximum atomic E-state index is 13.9. The number of hydrogen-bond donors (Lipinski definition) is 1. The van der Waals surface area contributed by atoms with Crippen LogP contribution in [-0.2, 0) is 18.0 Å². The Morgan fingerprint density at radius 2 is 1.86 bits per heavy atom. The molecule has 4 heterocycles. The second-order valence-corrected chi connectivity index (χ2v) is 9.08. The molecule has 1 fully saturated rings. The average Bonchev–Trinajstić information content (AvgIpc) is 2.81. The maximum absolute atomic E-state index is 13.9. The molecule has 1 amide bonds. The van der Waals surface area contributed by atoms with Crippen molar-refractivity contribution in [2.45, 2.75) is 52.1 Å². The molecule has 0 aromatic carbocycles. The maximum Gasteiger partial charge on any atom is 0.433 e. The minimum Gasteiger partial charge on any atom is -0.377 e. The third-order valence-electron chi connectivity index (χ3n) is 6.13. The third kappa shape index (κ3) is 5.03. The number of carbonyl (C=O) groups is 1. The molecular formula is C24H27F3N6O3. The first-order valence-corrected chi connectivity index (χ1v) is 11.5. The van der Waals surface area contributed by atoms with E-state index in [1.807, 2.05) is 13.8 Å². The number of nitrogens with zero attached hydrogens (tertiary/aromatic N) is 5. The Labute approximate surface area is 205 Å². The first kappa shape index (κ1) is 25.5. The molecule has 4 rings (SSSR count). The zero-order chi connectivity index (χ0) is 26.4. The van der Waals surface area contributed by atoms with Crippen LogP contribution >= 0.6 is 0 Å². The van der Waals surface area contributed by atoms with Crippen molar-refractivity contribution in [3.05, 3.63) is 57.5 Å². The summed E-state index contributed by atoms with van der Waals surface area (Å²) >= 11 is 0. The molecule has 1 aliphatic heterocycles. The van der Waals surface area contributed by atoms with E-state index in [0.29, 0.717) is 18.8 Å². The number of ether oxygens (including phenoxy) is 1. The van der Waals surface area contributed by atoms with Crippen molar-refractivity contribution < 1.29 is 22.7 Å². The molecule has 0 saturated carbocycles. The molecule has 9 nitrogen and oxygen atoms in total. The van der Waals surface area contributed by atoms with Gasteiger partial charge in [0.25, 0.3) is 11.5 Å². The van der Waals surface area contributed by atoms with E-state index in [-0.39, 0.29) is 46.2 Å². The minimum atomic E-state index is -4.75. The number of morpholine rings is 1. The number of alkyl halides is 3. The molecule has 3 aromatic rings. The highest BCUT2D eigenvalue weighted by molar-refractivity contribution is 5.92. The van der Waals surface area contributed by atoms with Crippen LogP contribution in [0.2, 0.25) is 0 Å². The number of nitrogens with one attached hydrogen (secondary N) is 1. The molecule has 0 spiro atoms. The molecule has 36 heavy (non-hydrogen) atoms. The fourth-order valence-electron chi connectivity index (χ4n) is 4.31. The molecule has 192 valence electrons. The van der Waals surface area contributed by atoms with Gasteiger partial charge in [-0.2, -0.15) is 13.2 Å². The zero-order valence-electron chi connectivity index (χ0n) is 20.6. The summed E-state index contributed by atoms with van der Waals surface area (Å²) in [4.78, 5) is 39.1. The van der Waals surface area contributed by atoms with Crippen molar-refractivity contribution in [3.8, 4) is 0 Å². The lowest BCUT2D eigenvalue weighted by Crippen LogP contribution is -2.48. The fourth-order valence-corrected chi connectivity index (χ4v) is 4.31.